The summed E-state index contributed by atoms with van der Waals surface area (Å²) in [7, 11) is -0.509. The number of ether oxygens (including phenoxy) is 4. The van der Waals surface area contributed by atoms with E-state index in [1.54, 1.807) is 101 Å². The molecule has 5 aliphatic heterocycles. The fourth-order valence-electron chi connectivity index (χ4n) is 9.37. The molecule has 9 heterocycles. The van der Waals surface area contributed by atoms with Gasteiger partial charge < -0.3 is 60.2 Å². The summed E-state index contributed by atoms with van der Waals surface area (Å²) in [6.07, 6.45) is 15.2. The Balaban J connectivity index is 0.000000158. The van der Waals surface area contributed by atoms with Gasteiger partial charge in [0.25, 0.3) is 11.8 Å². The Morgan fingerprint density at radius 1 is 0.655 bits per heavy atom. The molecule has 0 aliphatic carbocycles. The van der Waals surface area contributed by atoms with Crippen LogP contribution in [-0.2, 0) is 41.2 Å². The third kappa shape index (κ3) is 15.5. The Hall–Kier alpha value is -7.44. The predicted octanol–water partition coefficient (Wildman–Crippen LogP) is 7.05. The van der Waals surface area contributed by atoms with Gasteiger partial charge in [-0.15, -0.1) is 0 Å². The van der Waals surface area contributed by atoms with E-state index in [1.165, 1.54) is 12.2 Å². The van der Waals surface area contributed by atoms with Crippen LogP contribution in [-0.4, -0.2) is 150 Å². The first-order valence-electron chi connectivity index (χ1n) is 27.3. The summed E-state index contributed by atoms with van der Waals surface area (Å²) < 4.78 is 35.6. The number of pyridine rings is 4. The van der Waals surface area contributed by atoms with Gasteiger partial charge in [-0.05, 0) is 112 Å². The molecule has 24 heteroatoms. The minimum absolute atomic E-state index is 0.0285. The van der Waals surface area contributed by atoms with Crippen LogP contribution in [0.2, 0.25) is 10.0 Å². The van der Waals surface area contributed by atoms with Crippen molar-refractivity contribution in [3.8, 4) is 22.8 Å². The lowest BCUT2D eigenvalue weighted by molar-refractivity contribution is -0.117. The second-order valence-corrected chi connectivity index (χ2v) is 22.8. The van der Waals surface area contributed by atoms with Crippen LogP contribution < -0.4 is 37.0 Å². The fourth-order valence-corrected chi connectivity index (χ4v) is 10.3. The molecule has 0 saturated carbocycles. The van der Waals surface area contributed by atoms with Gasteiger partial charge in [0.15, 0.2) is 0 Å². The summed E-state index contributed by atoms with van der Waals surface area (Å²) >= 11 is 16.1. The first kappa shape index (κ1) is 61.1. The summed E-state index contributed by atoms with van der Waals surface area (Å²) in [5.41, 5.74) is 17.2. The Kier molecular flexibility index (Phi) is 20.0. The van der Waals surface area contributed by atoms with E-state index in [2.05, 4.69) is 46.5 Å². The van der Waals surface area contributed by atoms with Crippen molar-refractivity contribution in [2.75, 3.05) is 77.2 Å². The third-order valence-electron chi connectivity index (χ3n) is 14.7. The summed E-state index contributed by atoms with van der Waals surface area (Å²) in [5.74, 6) is 1.61. The number of halogens is 3. The van der Waals surface area contributed by atoms with Gasteiger partial charge in [-0.25, -0.2) is 9.97 Å². The van der Waals surface area contributed by atoms with Crippen molar-refractivity contribution in [2.45, 2.75) is 63.9 Å². The Bertz CT molecular complexity index is 3370. The molecule has 0 radical (unpaired) electrons. The quantitative estimate of drug-likeness (QED) is 0.0707. The third-order valence-corrected chi connectivity index (χ3v) is 16.0. The largest absolute Gasteiger partial charge is 0.496 e. The molecule has 11 rings (SSSR count). The summed E-state index contributed by atoms with van der Waals surface area (Å²) in [6.45, 7) is 13.3. The van der Waals surface area contributed by atoms with Gasteiger partial charge in [0.2, 0.25) is 11.8 Å². The molecule has 0 bridgehead atoms. The number of fused-ring (bicyclic) bond motifs is 2. The van der Waals surface area contributed by atoms with Crippen molar-refractivity contribution in [3.63, 3.8) is 0 Å². The van der Waals surface area contributed by atoms with Gasteiger partial charge >= 0.3 is 7.12 Å². The highest BCUT2D eigenvalue weighted by atomic mass is 79.9. The van der Waals surface area contributed by atoms with E-state index < -0.39 is 18.3 Å². The van der Waals surface area contributed by atoms with E-state index in [1.807, 2.05) is 45.9 Å². The number of hydrogen-bond donors (Lipinski definition) is 4. The number of anilines is 2. The zero-order valence-corrected chi connectivity index (χ0v) is 49.9. The van der Waals surface area contributed by atoms with Gasteiger partial charge in [0.05, 0.1) is 72.0 Å². The minimum Gasteiger partial charge on any atom is -0.486 e. The number of hydrogen-bond acceptors (Lipinski definition) is 16. The maximum atomic E-state index is 13.0. The Morgan fingerprint density at radius 3 is 1.69 bits per heavy atom. The summed E-state index contributed by atoms with van der Waals surface area (Å²) in [5, 5.41) is 6.76. The number of rotatable bonds is 12. The van der Waals surface area contributed by atoms with Gasteiger partial charge in [0.1, 0.15) is 35.3 Å². The van der Waals surface area contributed by atoms with Crippen LogP contribution in [0.4, 0.5) is 11.6 Å². The number of benzene rings is 2. The van der Waals surface area contributed by atoms with E-state index in [0.717, 1.165) is 37.8 Å². The molecule has 3 fully saturated rings. The van der Waals surface area contributed by atoms with Crippen LogP contribution in [0.3, 0.4) is 0 Å². The fraction of sp³-hybridized carbons (Fsp3) is 0.333. The number of nitrogens with one attached hydrogen (secondary N) is 2. The highest BCUT2D eigenvalue weighted by molar-refractivity contribution is 9.10. The molecule has 2 aromatic carbocycles. The number of carbonyl (C=O) groups excluding carboxylic acids is 4. The van der Waals surface area contributed by atoms with E-state index in [9.17, 15) is 19.2 Å². The zero-order valence-electron chi connectivity index (χ0n) is 46.8. The van der Waals surface area contributed by atoms with Crippen LogP contribution >= 0.6 is 39.1 Å². The SMILES string of the molecule is CC1(C)OB(c2cncc(C(=O)N3CCOCC3)c2)OC1(C)C.Nc1ccc(/C=C/C(=O)NCC2Cc3c(-c4cc(C(=O)N5CCOCC5)ccn4)ccc(Cl)c3O2)cn1.Nc1ccc(/C=C/C(=O)NCC2Cc3c(Br)ccc(Cl)c3O2)cn1. The van der Waals surface area contributed by atoms with Crippen LogP contribution in [0, 0.1) is 0 Å². The van der Waals surface area contributed by atoms with Crippen LogP contribution in [0.1, 0.15) is 70.7 Å². The highest BCUT2D eigenvalue weighted by Gasteiger charge is 2.52. The molecule has 6 N–H and O–H groups in total. The minimum atomic E-state index is -0.509. The van der Waals surface area contributed by atoms with Crippen molar-refractivity contribution in [3.05, 3.63) is 158 Å². The molecule has 5 aliphatic rings. The predicted molar refractivity (Wildman–Crippen MR) is 325 cm³/mol. The van der Waals surface area contributed by atoms with E-state index in [-0.39, 0.29) is 35.8 Å². The van der Waals surface area contributed by atoms with Crippen molar-refractivity contribution in [1.29, 1.82) is 0 Å². The van der Waals surface area contributed by atoms with Gasteiger partial charge in [0, 0.05) is 114 Å². The van der Waals surface area contributed by atoms with Crippen molar-refractivity contribution >= 4 is 99.1 Å². The molecule has 4 aromatic heterocycles. The number of nitrogens with two attached hydrogens (primary N) is 2. The summed E-state index contributed by atoms with van der Waals surface area (Å²) in [6, 6.07) is 19.6. The van der Waals surface area contributed by atoms with Gasteiger partial charge in [-0.3, -0.25) is 29.1 Å². The first-order chi connectivity index (χ1) is 40.3. The maximum Gasteiger partial charge on any atom is 0.496 e. The molecular formula is C60H64BBrCl2N10O10. The number of aromatic nitrogens is 4. The van der Waals surface area contributed by atoms with E-state index in [4.69, 9.17) is 62.9 Å². The first-order valence-corrected chi connectivity index (χ1v) is 28.8. The second-order valence-electron chi connectivity index (χ2n) is 21.2. The average molecular weight is 1250 g/mol. The van der Waals surface area contributed by atoms with Crippen molar-refractivity contribution in [1.82, 2.24) is 40.4 Å². The number of nitrogen functional groups attached to an aromatic ring is 2. The lowest BCUT2D eigenvalue weighted by Gasteiger charge is -2.32. The van der Waals surface area contributed by atoms with E-state index >= 15 is 0 Å². The van der Waals surface area contributed by atoms with Crippen LogP contribution in [0.15, 0.2) is 114 Å². The molecule has 2 atom stereocenters. The molecule has 4 amide bonds. The van der Waals surface area contributed by atoms with Crippen LogP contribution in [0.5, 0.6) is 11.5 Å². The number of nitrogens with zero attached hydrogens (tertiary/aromatic N) is 6. The van der Waals surface area contributed by atoms with Crippen molar-refractivity contribution < 1.29 is 47.4 Å². The molecule has 3 saturated heterocycles. The summed E-state index contributed by atoms with van der Waals surface area (Å²) in [4.78, 5) is 70.0. The normalized spacial score (nSPS) is 18.3. The van der Waals surface area contributed by atoms with Crippen molar-refractivity contribution in [2.24, 2.45) is 0 Å². The van der Waals surface area contributed by atoms with Gasteiger partial charge in [-0.1, -0.05) is 45.2 Å². The number of morpholine rings is 2. The van der Waals surface area contributed by atoms with Gasteiger partial charge in [-0.2, -0.15) is 0 Å². The topological polar surface area (TPSA) is 258 Å². The number of carbonyl (C=O) groups is 4. The molecule has 2 unspecified atom stereocenters. The Morgan fingerprint density at radius 2 is 1.17 bits per heavy atom. The standard InChI is InChI=1S/C27H26ClN5O4.C17H15BrClN3O2.C16H23BN2O4/c28-22-4-3-20(23-13-18(7-8-30-23)27(35)33-9-11-36-12-10-33)21-14-19(37-26(21)22)16-32-25(34)6-2-17-1-5-24(29)31-15-17;18-13-3-4-14(19)17-12(13)7-11(24-17)9-22-16(23)6-2-10-1-5-15(20)21-8-10;1-15(2)16(3,4)23-17(22-15)13-9-12(10-18-11-13)14(20)19-5-7-21-8-6-19/h1-8,13,15,19H,9-12,14,16H2,(H2,29,31)(H,32,34);1-6,8,11H,7,9H2,(H2,20,21)(H,22,23);9-11H,5-8H2,1-4H3/b2*6-2+;. The van der Waals surface area contributed by atoms with E-state index in [0.29, 0.717) is 129 Å². The molecular weight excluding hydrogens is 1180 g/mol. The molecule has 6 aromatic rings. The molecule has 84 heavy (non-hydrogen) atoms. The lowest BCUT2D eigenvalue weighted by atomic mass is 9.79. The average Bonchev–Trinajstić information content (AvgIpc) is 4.31. The molecule has 0 spiro atoms. The molecule has 438 valence electrons. The second kappa shape index (κ2) is 27.5. The highest BCUT2D eigenvalue weighted by Crippen LogP contribution is 2.43. The Labute approximate surface area is 505 Å². The monoisotopic (exact) mass is 1240 g/mol. The maximum absolute atomic E-state index is 13.0. The lowest BCUT2D eigenvalue weighted by Crippen LogP contribution is -2.41. The molecule has 20 nitrogen and oxygen atoms in total. The number of amides is 4. The van der Waals surface area contributed by atoms with Crippen LogP contribution in [0.25, 0.3) is 23.4 Å². The zero-order chi connectivity index (χ0) is 59.5. The smallest absolute Gasteiger partial charge is 0.486 e.